The molecule has 0 radical (unpaired) electrons. The Hall–Kier alpha value is -3.52. The van der Waals surface area contributed by atoms with Crippen molar-refractivity contribution in [3.63, 3.8) is 0 Å². The highest BCUT2D eigenvalue weighted by Crippen LogP contribution is 2.39. The second kappa shape index (κ2) is 8.55. The van der Waals surface area contributed by atoms with Gasteiger partial charge in [0.15, 0.2) is 0 Å². The van der Waals surface area contributed by atoms with Crippen LogP contribution in [0.5, 0.6) is 0 Å². The van der Waals surface area contributed by atoms with Crippen LogP contribution in [0.3, 0.4) is 0 Å². The first-order chi connectivity index (χ1) is 15.3. The predicted molar refractivity (Wildman–Crippen MR) is 116 cm³/mol. The van der Waals surface area contributed by atoms with Crippen LogP contribution in [0.2, 0.25) is 5.02 Å². The van der Waals surface area contributed by atoms with Gasteiger partial charge < -0.3 is 0 Å². The van der Waals surface area contributed by atoms with Crippen molar-refractivity contribution in [2.45, 2.75) is 26.3 Å². The number of rotatable bonds is 5. The monoisotopic (exact) mass is 453 g/mol. The van der Waals surface area contributed by atoms with E-state index in [1.165, 1.54) is 18.2 Å². The number of hydrogen-bond acceptors (Lipinski definition) is 5. The summed E-state index contributed by atoms with van der Waals surface area (Å²) in [5, 5.41) is 13.5. The number of hydrogen-bond donors (Lipinski definition) is 0. The molecule has 1 fully saturated rings. The number of nitro benzene ring substituents is 1. The van der Waals surface area contributed by atoms with E-state index in [1.54, 1.807) is 24.3 Å². The highest BCUT2D eigenvalue weighted by Gasteiger charge is 2.51. The van der Waals surface area contributed by atoms with Gasteiger partial charge in [-0.2, -0.15) is 5.01 Å². The number of imide groups is 1. The zero-order valence-electron chi connectivity index (χ0n) is 17.2. The van der Waals surface area contributed by atoms with Crippen molar-refractivity contribution in [2.24, 2.45) is 11.8 Å². The minimum Gasteiger partial charge on any atom is -0.272 e. The largest absolute Gasteiger partial charge is 0.273 e. The van der Waals surface area contributed by atoms with Crippen LogP contribution < -0.4 is 0 Å². The van der Waals surface area contributed by atoms with Gasteiger partial charge in [0.1, 0.15) is 0 Å². The minimum atomic E-state index is -0.696. The number of non-ortho nitro benzene ring substituents is 1. The number of allylic oxidation sites excluding steroid dienone is 2. The molecule has 2 atom stereocenters. The molecule has 4 rings (SSSR count). The first kappa shape index (κ1) is 21.7. The number of benzene rings is 2. The average molecular weight is 454 g/mol. The second-order valence-corrected chi connectivity index (χ2v) is 8.36. The molecule has 1 aliphatic heterocycles. The van der Waals surface area contributed by atoms with E-state index in [1.807, 2.05) is 13.0 Å². The Morgan fingerprint density at radius 3 is 2.59 bits per heavy atom. The Morgan fingerprint density at radius 1 is 1.16 bits per heavy atom. The molecule has 0 saturated carbocycles. The zero-order chi connectivity index (χ0) is 23.0. The van der Waals surface area contributed by atoms with E-state index < -0.39 is 34.5 Å². The number of halogens is 1. The molecule has 2 aromatic rings. The summed E-state index contributed by atoms with van der Waals surface area (Å²) < 4.78 is 0. The summed E-state index contributed by atoms with van der Waals surface area (Å²) in [5.41, 5.74) is 1.30. The van der Waals surface area contributed by atoms with Crippen molar-refractivity contribution in [1.82, 2.24) is 10.0 Å². The quantitative estimate of drug-likeness (QED) is 0.293. The molecule has 0 unspecified atom stereocenters. The molecule has 32 heavy (non-hydrogen) atoms. The lowest BCUT2D eigenvalue weighted by molar-refractivity contribution is -0.384. The van der Waals surface area contributed by atoms with Crippen molar-refractivity contribution in [2.75, 3.05) is 0 Å². The Balaban J connectivity index is 1.75. The molecule has 9 heteroatoms. The Bertz CT molecular complexity index is 1160. The molecule has 8 nitrogen and oxygen atoms in total. The van der Waals surface area contributed by atoms with Gasteiger partial charge in [-0.3, -0.25) is 24.5 Å². The van der Waals surface area contributed by atoms with Gasteiger partial charge in [0.05, 0.1) is 23.3 Å². The summed E-state index contributed by atoms with van der Waals surface area (Å²) in [5.74, 6) is -2.65. The van der Waals surface area contributed by atoms with E-state index >= 15 is 0 Å². The molecule has 1 aliphatic carbocycles. The van der Waals surface area contributed by atoms with Crippen LogP contribution in [-0.2, 0) is 16.1 Å². The topological polar surface area (TPSA) is 101 Å². The van der Waals surface area contributed by atoms with Crippen LogP contribution >= 0.6 is 11.6 Å². The highest BCUT2D eigenvalue weighted by atomic mass is 35.5. The lowest BCUT2D eigenvalue weighted by atomic mass is 9.82. The van der Waals surface area contributed by atoms with Crippen LogP contribution in [0, 0.1) is 22.0 Å². The molecule has 164 valence electrons. The smallest absolute Gasteiger partial charge is 0.272 e. The van der Waals surface area contributed by atoms with Crippen LogP contribution in [0.15, 0.2) is 60.2 Å². The number of nitrogens with zero attached hydrogens (tertiary/aromatic N) is 3. The molecule has 0 aromatic heterocycles. The van der Waals surface area contributed by atoms with Crippen molar-refractivity contribution >= 4 is 35.0 Å². The van der Waals surface area contributed by atoms with E-state index in [4.69, 9.17) is 11.6 Å². The minimum absolute atomic E-state index is 0.00367. The number of fused-ring (bicyclic) bond motifs is 1. The van der Waals surface area contributed by atoms with Gasteiger partial charge in [-0.05, 0) is 37.5 Å². The average Bonchev–Trinajstić information content (AvgIpc) is 3.02. The molecule has 2 aromatic carbocycles. The lowest BCUT2D eigenvalue weighted by Gasteiger charge is -2.31. The number of nitro groups is 1. The van der Waals surface area contributed by atoms with Crippen LogP contribution in [0.4, 0.5) is 5.69 Å². The normalized spacial score (nSPS) is 20.1. The maximum atomic E-state index is 13.5. The fourth-order valence-corrected chi connectivity index (χ4v) is 4.38. The van der Waals surface area contributed by atoms with Gasteiger partial charge in [0, 0.05) is 22.7 Å². The number of amides is 3. The van der Waals surface area contributed by atoms with Crippen LogP contribution in [-0.4, -0.2) is 32.7 Å². The van der Waals surface area contributed by atoms with Gasteiger partial charge in [-0.25, -0.2) is 5.01 Å². The summed E-state index contributed by atoms with van der Waals surface area (Å²) in [6, 6.07) is 12.0. The summed E-state index contributed by atoms with van der Waals surface area (Å²) in [4.78, 5) is 50.6. The lowest BCUT2D eigenvalue weighted by Crippen LogP contribution is -2.49. The van der Waals surface area contributed by atoms with Crippen LogP contribution in [0.25, 0.3) is 0 Å². The molecular weight excluding hydrogens is 434 g/mol. The molecule has 1 heterocycles. The summed E-state index contributed by atoms with van der Waals surface area (Å²) in [6.07, 6.45) is 2.83. The number of carbonyl (C=O) groups is 3. The van der Waals surface area contributed by atoms with Gasteiger partial charge >= 0.3 is 0 Å². The van der Waals surface area contributed by atoms with E-state index in [0.717, 1.165) is 21.7 Å². The SMILES string of the molecule is CC1=CC[C@H]2C(=O)N(N(Cc3ccccc3Cl)C(=O)c3cccc([N+](=O)[O-])c3)C(=O)[C@@H]2C1. The highest BCUT2D eigenvalue weighted by molar-refractivity contribution is 6.31. The van der Waals surface area contributed by atoms with E-state index in [9.17, 15) is 24.5 Å². The summed E-state index contributed by atoms with van der Waals surface area (Å²) in [7, 11) is 0. The molecule has 3 amide bonds. The molecule has 0 bridgehead atoms. The second-order valence-electron chi connectivity index (χ2n) is 7.95. The van der Waals surface area contributed by atoms with Crippen molar-refractivity contribution in [1.29, 1.82) is 0 Å². The Kier molecular flexibility index (Phi) is 5.80. The summed E-state index contributed by atoms with van der Waals surface area (Å²) >= 11 is 6.28. The van der Waals surface area contributed by atoms with Gasteiger partial charge in [-0.15, -0.1) is 0 Å². The van der Waals surface area contributed by atoms with E-state index in [2.05, 4.69) is 0 Å². The zero-order valence-corrected chi connectivity index (χ0v) is 18.0. The number of carbonyl (C=O) groups excluding carboxylic acids is 3. The summed E-state index contributed by atoms with van der Waals surface area (Å²) in [6.45, 7) is 1.77. The Labute approximate surface area is 189 Å². The third-order valence-electron chi connectivity index (χ3n) is 5.86. The first-order valence-electron chi connectivity index (χ1n) is 10.1. The first-order valence-corrected chi connectivity index (χ1v) is 10.5. The molecular formula is C23H20ClN3O5. The van der Waals surface area contributed by atoms with Gasteiger partial charge in [0.2, 0.25) is 0 Å². The van der Waals surface area contributed by atoms with Crippen molar-refractivity contribution < 1.29 is 19.3 Å². The van der Waals surface area contributed by atoms with E-state index in [-0.39, 0.29) is 17.8 Å². The Morgan fingerprint density at radius 2 is 1.88 bits per heavy atom. The third-order valence-corrected chi connectivity index (χ3v) is 6.23. The molecule has 0 spiro atoms. The standard InChI is InChI=1S/C23H20ClN3O5/c1-14-9-10-18-19(11-14)23(30)26(22(18)29)25(13-16-5-2-3-8-20(16)24)21(28)15-6-4-7-17(12-15)27(31)32/h2-9,12,18-19H,10-11,13H2,1H3/t18-,19-/m1/s1. The maximum absolute atomic E-state index is 13.5. The molecule has 0 N–H and O–H groups in total. The van der Waals surface area contributed by atoms with Crippen molar-refractivity contribution in [3.8, 4) is 0 Å². The number of hydrazine groups is 1. The predicted octanol–water partition coefficient (Wildman–Crippen LogP) is 4.15. The van der Waals surface area contributed by atoms with Crippen LogP contribution in [0.1, 0.15) is 35.7 Å². The van der Waals surface area contributed by atoms with Gasteiger partial charge in [-0.1, -0.05) is 47.5 Å². The molecule has 1 saturated heterocycles. The molecule has 2 aliphatic rings. The third kappa shape index (κ3) is 3.89. The van der Waals surface area contributed by atoms with E-state index in [0.29, 0.717) is 23.4 Å². The fourth-order valence-electron chi connectivity index (χ4n) is 4.18. The fraction of sp³-hybridized carbons (Fsp3) is 0.261. The maximum Gasteiger partial charge on any atom is 0.273 e. The van der Waals surface area contributed by atoms with Crippen molar-refractivity contribution in [3.05, 3.63) is 86.4 Å². The van der Waals surface area contributed by atoms with Gasteiger partial charge in [0.25, 0.3) is 23.4 Å².